The molecule has 1 atom stereocenters. The molecule has 3 heterocycles. The molecule has 0 radical (unpaired) electrons. The van der Waals surface area contributed by atoms with Crippen molar-refractivity contribution < 1.29 is 19.2 Å². The highest BCUT2D eigenvalue weighted by atomic mass is 16.2. The summed E-state index contributed by atoms with van der Waals surface area (Å²) in [5.74, 6) is -0.118. The molecule has 11 nitrogen and oxygen atoms in total. The van der Waals surface area contributed by atoms with Crippen molar-refractivity contribution in [3.05, 3.63) is 48.7 Å². The maximum atomic E-state index is 13.2. The molecule has 0 saturated carbocycles. The van der Waals surface area contributed by atoms with Crippen LogP contribution in [0.5, 0.6) is 0 Å². The second-order valence-electron chi connectivity index (χ2n) is 8.86. The molecule has 3 N–H and O–H groups in total. The summed E-state index contributed by atoms with van der Waals surface area (Å²) < 4.78 is 0. The van der Waals surface area contributed by atoms with Crippen LogP contribution in [0, 0.1) is 0 Å². The van der Waals surface area contributed by atoms with Crippen LogP contribution in [0.2, 0.25) is 0 Å². The molecule has 0 bridgehead atoms. The molecule has 36 heavy (non-hydrogen) atoms. The molecule has 190 valence electrons. The van der Waals surface area contributed by atoms with Gasteiger partial charge in [0.25, 0.3) is 0 Å². The number of nitrogens with zero attached hydrogens (tertiary/aromatic N) is 4. The molecular formula is C25H31N7O4. The lowest BCUT2D eigenvalue weighted by molar-refractivity contribution is -0.145. The Morgan fingerprint density at radius 3 is 2.31 bits per heavy atom. The fourth-order valence-electron chi connectivity index (χ4n) is 4.40. The van der Waals surface area contributed by atoms with E-state index in [0.717, 1.165) is 18.9 Å². The zero-order valence-electron chi connectivity index (χ0n) is 20.3. The van der Waals surface area contributed by atoms with Gasteiger partial charge in [-0.15, -0.1) is 0 Å². The first kappa shape index (κ1) is 25.1. The Kier molecular flexibility index (Phi) is 8.11. The van der Waals surface area contributed by atoms with Gasteiger partial charge in [-0.25, -0.2) is 4.98 Å². The van der Waals surface area contributed by atoms with Crippen molar-refractivity contribution in [2.24, 2.45) is 0 Å². The first-order valence-corrected chi connectivity index (χ1v) is 12.0. The maximum Gasteiger partial charge on any atom is 0.243 e. The standard InChI is InChI=1S/C25H31N7O4/c1-18(33)28-19-5-7-20(8-6-19)29-23(34)16-21-25(36)27-10-11-32(21)24(35)17-30-12-14-31(15-13-30)22-4-2-3-9-26-22/h2-9,21H,10-17H2,1H3,(H,27,36)(H,28,33)(H,29,34)/t21-/m1/s1. The van der Waals surface area contributed by atoms with Gasteiger partial charge in [-0.2, -0.15) is 0 Å². The largest absolute Gasteiger partial charge is 0.354 e. The summed E-state index contributed by atoms with van der Waals surface area (Å²) in [5, 5.41) is 8.18. The van der Waals surface area contributed by atoms with Crippen molar-refractivity contribution >= 4 is 40.8 Å². The highest BCUT2D eigenvalue weighted by Crippen LogP contribution is 2.17. The highest BCUT2D eigenvalue weighted by molar-refractivity contribution is 5.98. The topological polar surface area (TPSA) is 127 Å². The van der Waals surface area contributed by atoms with Crippen LogP contribution in [0.25, 0.3) is 0 Å². The Balaban J connectivity index is 1.30. The number of carbonyl (C=O) groups is 4. The minimum atomic E-state index is -0.861. The van der Waals surface area contributed by atoms with Crippen LogP contribution in [-0.2, 0) is 19.2 Å². The van der Waals surface area contributed by atoms with E-state index < -0.39 is 6.04 Å². The number of rotatable bonds is 7. The first-order valence-electron chi connectivity index (χ1n) is 12.0. The molecule has 2 aromatic rings. The fourth-order valence-corrected chi connectivity index (χ4v) is 4.40. The maximum absolute atomic E-state index is 13.2. The van der Waals surface area contributed by atoms with Crippen molar-refractivity contribution in [1.29, 1.82) is 0 Å². The lowest BCUT2D eigenvalue weighted by Crippen LogP contribution is -2.60. The normalized spacial score (nSPS) is 18.4. The molecule has 11 heteroatoms. The van der Waals surface area contributed by atoms with Crippen LogP contribution in [0.15, 0.2) is 48.7 Å². The molecule has 0 spiro atoms. The Morgan fingerprint density at radius 1 is 0.972 bits per heavy atom. The predicted octanol–water partition coefficient (Wildman–Crippen LogP) is 0.518. The summed E-state index contributed by atoms with van der Waals surface area (Å²) in [5.41, 5.74) is 1.15. The van der Waals surface area contributed by atoms with Gasteiger partial charge in [0.15, 0.2) is 0 Å². The zero-order valence-corrected chi connectivity index (χ0v) is 20.3. The van der Waals surface area contributed by atoms with Crippen molar-refractivity contribution in [3.63, 3.8) is 0 Å². The average Bonchev–Trinajstić information content (AvgIpc) is 2.87. The minimum absolute atomic E-state index is 0.140. The lowest BCUT2D eigenvalue weighted by Gasteiger charge is -2.38. The monoisotopic (exact) mass is 493 g/mol. The van der Waals surface area contributed by atoms with Gasteiger partial charge in [0.1, 0.15) is 11.9 Å². The summed E-state index contributed by atoms with van der Waals surface area (Å²) >= 11 is 0. The highest BCUT2D eigenvalue weighted by Gasteiger charge is 2.35. The van der Waals surface area contributed by atoms with Gasteiger partial charge in [0.05, 0.1) is 13.0 Å². The van der Waals surface area contributed by atoms with Crippen LogP contribution in [0.4, 0.5) is 17.2 Å². The van der Waals surface area contributed by atoms with E-state index in [1.807, 2.05) is 18.2 Å². The summed E-state index contributed by atoms with van der Waals surface area (Å²) in [4.78, 5) is 59.7. The van der Waals surface area contributed by atoms with Gasteiger partial charge in [-0.1, -0.05) is 6.07 Å². The quantitative estimate of drug-likeness (QED) is 0.513. The molecule has 1 aromatic heterocycles. The van der Waals surface area contributed by atoms with Crippen LogP contribution in [0.1, 0.15) is 13.3 Å². The van der Waals surface area contributed by atoms with Crippen LogP contribution >= 0.6 is 0 Å². The van der Waals surface area contributed by atoms with Gasteiger partial charge >= 0.3 is 0 Å². The SMILES string of the molecule is CC(=O)Nc1ccc(NC(=O)C[C@@H]2C(=O)NCCN2C(=O)CN2CCN(c3ccccn3)CC2)cc1. The number of anilines is 3. The molecule has 0 unspecified atom stereocenters. The van der Waals surface area contributed by atoms with E-state index in [4.69, 9.17) is 0 Å². The molecule has 1 aromatic carbocycles. The lowest BCUT2D eigenvalue weighted by atomic mass is 10.1. The molecular weight excluding hydrogens is 462 g/mol. The van der Waals surface area contributed by atoms with E-state index in [-0.39, 0.29) is 36.6 Å². The molecule has 2 aliphatic heterocycles. The van der Waals surface area contributed by atoms with Gasteiger partial charge in [0.2, 0.25) is 23.6 Å². The third-order valence-electron chi connectivity index (χ3n) is 6.22. The Labute approximate surface area is 209 Å². The number of amides is 4. The number of piperazine rings is 2. The van der Waals surface area contributed by atoms with E-state index in [1.54, 1.807) is 30.5 Å². The third-order valence-corrected chi connectivity index (χ3v) is 6.22. The summed E-state index contributed by atoms with van der Waals surface area (Å²) in [6.45, 7) is 5.29. The molecule has 0 aliphatic carbocycles. The van der Waals surface area contributed by atoms with E-state index in [0.29, 0.717) is 37.6 Å². The van der Waals surface area contributed by atoms with E-state index in [2.05, 4.69) is 30.7 Å². The predicted molar refractivity (Wildman–Crippen MR) is 135 cm³/mol. The first-order chi connectivity index (χ1) is 17.4. The molecule has 2 fully saturated rings. The van der Waals surface area contributed by atoms with Crippen molar-refractivity contribution in [1.82, 2.24) is 20.1 Å². The number of aromatic nitrogens is 1. The van der Waals surface area contributed by atoms with Gasteiger partial charge < -0.3 is 25.8 Å². The Bertz CT molecular complexity index is 1090. The van der Waals surface area contributed by atoms with Crippen LogP contribution < -0.4 is 20.9 Å². The number of pyridine rings is 1. The summed E-state index contributed by atoms with van der Waals surface area (Å²) in [7, 11) is 0. The van der Waals surface area contributed by atoms with Gasteiger partial charge in [-0.05, 0) is 36.4 Å². The second-order valence-corrected chi connectivity index (χ2v) is 8.86. The summed E-state index contributed by atoms with van der Waals surface area (Å²) in [6, 6.07) is 11.6. The third kappa shape index (κ3) is 6.57. The average molecular weight is 494 g/mol. The summed E-state index contributed by atoms with van der Waals surface area (Å²) in [6.07, 6.45) is 1.63. The second kappa shape index (κ2) is 11.6. The molecule has 2 saturated heterocycles. The van der Waals surface area contributed by atoms with Crippen molar-refractivity contribution in [2.75, 3.05) is 61.3 Å². The van der Waals surface area contributed by atoms with Gasteiger partial charge in [-0.3, -0.25) is 24.1 Å². The number of carbonyl (C=O) groups excluding carboxylic acids is 4. The molecule has 2 aliphatic rings. The zero-order chi connectivity index (χ0) is 25.5. The van der Waals surface area contributed by atoms with Crippen molar-refractivity contribution in [2.45, 2.75) is 19.4 Å². The Hall–Kier alpha value is -3.99. The number of nitrogens with one attached hydrogen (secondary N) is 3. The number of hydrogen-bond donors (Lipinski definition) is 3. The van der Waals surface area contributed by atoms with Gasteiger partial charge in [0, 0.05) is 63.8 Å². The van der Waals surface area contributed by atoms with E-state index in [9.17, 15) is 19.2 Å². The Morgan fingerprint density at radius 2 is 1.67 bits per heavy atom. The van der Waals surface area contributed by atoms with Crippen LogP contribution in [0.3, 0.4) is 0 Å². The smallest absolute Gasteiger partial charge is 0.243 e. The van der Waals surface area contributed by atoms with Crippen LogP contribution in [-0.4, -0.2) is 90.3 Å². The minimum Gasteiger partial charge on any atom is -0.354 e. The fraction of sp³-hybridized carbons (Fsp3) is 0.400. The molecule has 4 amide bonds. The van der Waals surface area contributed by atoms with E-state index in [1.165, 1.54) is 11.8 Å². The van der Waals surface area contributed by atoms with E-state index >= 15 is 0 Å². The van der Waals surface area contributed by atoms with Crippen molar-refractivity contribution in [3.8, 4) is 0 Å². The number of benzene rings is 1. The number of hydrogen-bond acceptors (Lipinski definition) is 7. The molecule has 4 rings (SSSR count).